The summed E-state index contributed by atoms with van der Waals surface area (Å²) in [6, 6.07) is 7.25. The second-order valence-corrected chi connectivity index (χ2v) is 2.84. The Balaban J connectivity index is 2.83. The molecule has 0 spiro atoms. The smallest absolute Gasteiger partial charge is 0.335 e. The lowest BCUT2D eigenvalue weighted by atomic mass is 10.1. The molecule has 0 aliphatic rings. The maximum atomic E-state index is 12.7. The number of rotatable bonds is 3. The fourth-order valence-corrected chi connectivity index (χ4v) is 1.08. The zero-order valence-corrected chi connectivity index (χ0v) is 7.63. The number of benzene rings is 1. The van der Waals surface area contributed by atoms with E-state index < -0.39 is 12.3 Å². The average molecular weight is 197 g/mol. The highest BCUT2D eigenvalue weighted by molar-refractivity contribution is 5.29. The van der Waals surface area contributed by atoms with E-state index in [4.69, 9.17) is 10.00 Å². The third kappa shape index (κ3) is 2.70. The summed E-state index contributed by atoms with van der Waals surface area (Å²) in [4.78, 5) is 0. The summed E-state index contributed by atoms with van der Waals surface area (Å²) < 4.78 is 30.2. The molecule has 0 radical (unpaired) electrons. The van der Waals surface area contributed by atoms with E-state index in [2.05, 4.69) is 0 Å². The van der Waals surface area contributed by atoms with Crippen molar-refractivity contribution in [3.05, 3.63) is 29.8 Å². The minimum atomic E-state index is -3.31. The van der Waals surface area contributed by atoms with Gasteiger partial charge in [0.25, 0.3) is 0 Å². The largest absolute Gasteiger partial charge is 0.497 e. The standard InChI is InChI=1S/C10H9F2NO/c1-14-9-4-2-3-8(5-9)6-10(11,12)7-13/h2-5H,6H2,1H3. The Kier molecular flexibility index (Phi) is 3.03. The number of nitrogens with zero attached hydrogens (tertiary/aromatic N) is 1. The fourth-order valence-electron chi connectivity index (χ4n) is 1.08. The number of nitriles is 1. The zero-order valence-electron chi connectivity index (χ0n) is 7.63. The number of halogens is 2. The van der Waals surface area contributed by atoms with E-state index in [9.17, 15) is 8.78 Å². The Morgan fingerprint density at radius 3 is 2.79 bits per heavy atom. The monoisotopic (exact) mass is 197 g/mol. The SMILES string of the molecule is COc1cccc(CC(F)(F)C#N)c1. The lowest BCUT2D eigenvalue weighted by Gasteiger charge is -2.08. The van der Waals surface area contributed by atoms with Crippen molar-refractivity contribution in [1.29, 1.82) is 5.26 Å². The van der Waals surface area contributed by atoms with Crippen molar-refractivity contribution in [3.63, 3.8) is 0 Å². The van der Waals surface area contributed by atoms with Gasteiger partial charge in [0.05, 0.1) is 13.5 Å². The van der Waals surface area contributed by atoms with Gasteiger partial charge in [-0.25, -0.2) is 0 Å². The van der Waals surface area contributed by atoms with Gasteiger partial charge in [-0.05, 0) is 17.7 Å². The molecule has 74 valence electrons. The maximum Gasteiger partial charge on any atom is 0.335 e. The van der Waals surface area contributed by atoms with Crippen molar-refractivity contribution in [1.82, 2.24) is 0 Å². The summed E-state index contributed by atoms with van der Waals surface area (Å²) in [6.45, 7) is 0. The molecule has 0 saturated heterocycles. The summed E-state index contributed by atoms with van der Waals surface area (Å²) in [5.41, 5.74) is 0.385. The first-order valence-corrected chi connectivity index (χ1v) is 3.99. The molecule has 1 aromatic rings. The van der Waals surface area contributed by atoms with Gasteiger partial charge in [0, 0.05) is 0 Å². The fraction of sp³-hybridized carbons (Fsp3) is 0.300. The van der Waals surface area contributed by atoms with Crippen molar-refractivity contribution < 1.29 is 13.5 Å². The molecule has 14 heavy (non-hydrogen) atoms. The van der Waals surface area contributed by atoms with Crippen LogP contribution in [0.3, 0.4) is 0 Å². The minimum Gasteiger partial charge on any atom is -0.497 e. The number of hydrogen-bond acceptors (Lipinski definition) is 2. The molecule has 0 unspecified atom stereocenters. The third-order valence-corrected chi connectivity index (χ3v) is 1.72. The van der Waals surface area contributed by atoms with Crippen molar-refractivity contribution >= 4 is 0 Å². The highest BCUT2D eigenvalue weighted by Gasteiger charge is 2.28. The molecule has 0 fully saturated rings. The Morgan fingerprint density at radius 1 is 1.50 bits per heavy atom. The van der Waals surface area contributed by atoms with Gasteiger partial charge in [-0.15, -0.1) is 0 Å². The van der Waals surface area contributed by atoms with Gasteiger partial charge < -0.3 is 4.74 Å². The van der Waals surface area contributed by atoms with E-state index >= 15 is 0 Å². The van der Waals surface area contributed by atoms with Crippen molar-refractivity contribution in [2.45, 2.75) is 12.3 Å². The summed E-state index contributed by atoms with van der Waals surface area (Å²) >= 11 is 0. The van der Waals surface area contributed by atoms with Crippen LogP contribution in [-0.4, -0.2) is 13.0 Å². The Labute approximate surface area is 80.7 Å². The number of alkyl halides is 2. The molecule has 2 nitrogen and oxygen atoms in total. The van der Waals surface area contributed by atoms with Gasteiger partial charge in [0.2, 0.25) is 0 Å². The van der Waals surface area contributed by atoms with Gasteiger partial charge in [-0.2, -0.15) is 14.0 Å². The van der Waals surface area contributed by atoms with E-state index in [1.165, 1.54) is 19.2 Å². The van der Waals surface area contributed by atoms with Gasteiger partial charge in [-0.3, -0.25) is 0 Å². The molecular weight excluding hydrogens is 188 g/mol. The van der Waals surface area contributed by atoms with Crippen molar-refractivity contribution in [2.75, 3.05) is 7.11 Å². The predicted molar refractivity (Wildman–Crippen MR) is 47.3 cm³/mol. The number of ether oxygens (including phenoxy) is 1. The molecule has 4 heteroatoms. The van der Waals surface area contributed by atoms with Crippen LogP contribution in [0.5, 0.6) is 5.75 Å². The Bertz CT molecular complexity index is 357. The minimum absolute atomic E-state index is 0.385. The highest BCUT2D eigenvalue weighted by Crippen LogP contribution is 2.21. The average Bonchev–Trinajstić information content (AvgIpc) is 2.17. The number of methoxy groups -OCH3 is 1. The van der Waals surface area contributed by atoms with Crippen LogP contribution in [0.2, 0.25) is 0 Å². The lowest BCUT2D eigenvalue weighted by molar-refractivity contribution is 0.0645. The van der Waals surface area contributed by atoms with E-state index in [1.54, 1.807) is 12.1 Å². The van der Waals surface area contributed by atoms with Crippen LogP contribution in [0, 0.1) is 11.3 Å². The first kappa shape index (κ1) is 10.5. The molecule has 0 N–H and O–H groups in total. The molecule has 0 bridgehead atoms. The quantitative estimate of drug-likeness (QED) is 0.745. The van der Waals surface area contributed by atoms with Crippen LogP contribution in [0.15, 0.2) is 24.3 Å². The third-order valence-electron chi connectivity index (χ3n) is 1.72. The zero-order chi connectivity index (χ0) is 10.6. The van der Waals surface area contributed by atoms with E-state index in [-0.39, 0.29) is 0 Å². The molecule has 0 amide bonds. The molecule has 0 atom stereocenters. The van der Waals surface area contributed by atoms with Crippen molar-refractivity contribution in [2.24, 2.45) is 0 Å². The molecule has 0 aliphatic carbocycles. The summed E-state index contributed by atoms with van der Waals surface area (Å²) in [5.74, 6) is -2.80. The topological polar surface area (TPSA) is 33.0 Å². The molecule has 0 aromatic heterocycles. The molecule has 0 saturated carbocycles. The van der Waals surface area contributed by atoms with Crippen LogP contribution in [0.1, 0.15) is 5.56 Å². The summed E-state index contributed by atoms with van der Waals surface area (Å²) in [7, 11) is 1.46. The Morgan fingerprint density at radius 2 is 2.21 bits per heavy atom. The first-order chi connectivity index (χ1) is 6.57. The van der Waals surface area contributed by atoms with E-state index in [0.717, 1.165) is 6.07 Å². The molecule has 0 heterocycles. The van der Waals surface area contributed by atoms with Crippen LogP contribution in [0.25, 0.3) is 0 Å². The summed E-state index contributed by atoms with van der Waals surface area (Å²) in [5, 5.41) is 8.15. The lowest BCUT2D eigenvalue weighted by Crippen LogP contribution is -2.16. The van der Waals surface area contributed by atoms with E-state index in [0.29, 0.717) is 11.3 Å². The second-order valence-electron chi connectivity index (χ2n) is 2.84. The molecule has 1 aromatic carbocycles. The predicted octanol–water partition coefficient (Wildman–Crippen LogP) is 2.40. The first-order valence-electron chi connectivity index (χ1n) is 3.99. The Hall–Kier alpha value is -1.63. The normalized spacial score (nSPS) is 10.7. The molecular formula is C10H9F2NO. The van der Waals surface area contributed by atoms with Crippen LogP contribution in [0.4, 0.5) is 8.78 Å². The molecule has 1 rings (SSSR count). The van der Waals surface area contributed by atoms with Gasteiger partial charge in [-0.1, -0.05) is 12.1 Å². The van der Waals surface area contributed by atoms with Gasteiger partial charge in [0.15, 0.2) is 0 Å². The van der Waals surface area contributed by atoms with Crippen molar-refractivity contribution in [3.8, 4) is 11.8 Å². The highest BCUT2D eigenvalue weighted by atomic mass is 19.3. The van der Waals surface area contributed by atoms with Crippen LogP contribution in [-0.2, 0) is 6.42 Å². The number of hydrogen-bond donors (Lipinski definition) is 0. The van der Waals surface area contributed by atoms with Crippen LogP contribution < -0.4 is 4.74 Å². The van der Waals surface area contributed by atoms with Crippen LogP contribution >= 0.6 is 0 Å². The second kappa shape index (κ2) is 4.05. The van der Waals surface area contributed by atoms with E-state index in [1.807, 2.05) is 0 Å². The maximum absolute atomic E-state index is 12.7. The summed E-state index contributed by atoms with van der Waals surface area (Å²) in [6.07, 6.45) is -0.583. The molecule has 0 aliphatic heterocycles. The van der Waals surface area contributed by atoms with Gasteiger partial charge >= 0.3 is 5.92 Å². The van der Waals surface area contributed by atoms with Gasteiger partial charge in [0.1, 0.15) is 11.8 Å².